The smallest absolute Gasteiger partial charge is 0.145 e. The Morgan fingerprint density at radius 1 is 2.00 bits per heavy atom. The molecule has 0 N–H and O–H groups in total. The fraction of sp³-hybridized carbons (Fsp3) is 1.00. The van der Waals surface area contributed by atoms with Gasteiger partial charge in [-0.25, -0.2) is 0 Å². The SMILES string of the molecule is CCC1(Br)CO1. The molecule has 1 atom stereocenters. The van der Waals surface area contributed by atoms with Crippen LogP contribution in [0.3, 0.4) is 0 Å². The van der Waals surface area contributed by atoms with Crippen LogP contribution in [0, 0.1) is 0 Å². The molecule has 1 aliphatic rings. The predicted molar refractivity (Wildman–Crippen MR) is 27.9 cm³/mol. The number of hydrogen-bond donors (Lipinski definition) is 0. The van der Waals surface area contributed by atoms with Crippen molar-refractivity contribution in [3.05, 3.63) is 0 Å². The minimum Gasteiger partial charge on any atom is -0.357 e. The molecule has 0 amide bonds. The van der Waals surface area contributed by atoms with Crippen LogP contribution >= 0.6 is 15.9 Å². The summed E-state index contributed by atoms with van der Waals surface area (Å²) in [5, 5.41) is 0. The van der Waals surface area contributed by atoms with E-state index >= 15 is 0 Å². The summed E-state index contributed by atoms with van der Waals surface area (Å²) in [5.74, 6) is 0. The lowest BCUT2D eigenvalue weighted by Gasteiger charge is -1.89. The first kappa shape index (κ1) is 4.60. The van der Waals surface area contributed by atoms with E-state index in [2.05, 4.69) is 22.9 Å². The highest BCUT2D eigenvalue weighted by molar-refractivity contribution is 9.10. The third-order valence-electron chi connectivity index (χ3n) is 0.986. The van der Waals surface area contributed by atoms with Gasteiger partial charge in [-0.15, -0.1) is 0 Å². The highest BCUT2D eigenvalue weighted by atomic mass is 79.9. The summed E-state index contributed by atoms with van der Waals surface area (Å²) in [7, 11) is 0. The van der Waals surface area contributed by atoms with Crippen molar-refractivity contribution < 1.29 is 4.74 Å². The Morgan fingerprint density at radius 2 is 2.50 bits per heavy atom. The van der Waals surface area contributed by atoms with Gasteiger partial charge in [-0.3, -0.25) is 0 Å². The van der Waals surface area contributed by atoms with E-state index in [4.69, 9.17) is 4.74 Å². The maximum atomic E-state index is 4.96. The molecule has 0 aromatic carbocycles. The van der Waals surface area contributed by atoms with Gasteiger partial charge in [0.05, 0.1) is 6.61 Å². The quantitative estimate of drug-likeness (QED) is 0.408. The van der Waals surface area contributed by atoms with Crippen LogP contribution in [-0.2, 0) is 4.74 Å². The topological polar surface area (TPSA) is 12.5 Å². The summed E-state index contributed by atoms with van der Waals surface area (Å²) in [5.41, 5.74) is 0. The van der Waals surface area contributed by atoms with E-state index < -0.39 is 0 Å². The van der Waals surface area contributed by atoms with Gasteiger partial charge in [0.25, 0.3) is 0 Å². The lowest BCUT2D eigenvalue weighted by molar-refractivity contribution is 0.385. The van der Waals surface area contributed by atoms with E-state index in [0.717, 1.165) is 13.0 Å². The number of halogens is 1. The summed E-state index contributed by atoms with van der Waals surface area (Å²) in [6.45, 7) is 2.99. The van der Waals surface area contributed by atoms with Gasteiger partial charge in [-0.2, -0.15) is 0 Å². The normalized spacial score (nSPS) is 43.0. The Hall–Kier alpha value is 0.440. The molecule has 0 aliphatic carbocycles. The molecule has 1 aliphatic heterocycles. The molecule has 0 saturated carbocycles. The molecular weight excluding hydrogens is 144 g/mol. The minimum absolute atomic E-state index is 0.104. The molecular formula is C4H7BrO. The monoisotopic (exact) mass is 150 g/mol. The minimum atomic E-state index is 0.104. The van der Waals surface area contributed by atoms with E-state index in [1.54, 1.807) is 0 Å². The van der Waals surface area contributed by atoms with Gasteiger partial charge in [0.15, 0.2) is 0 Å². The Balaban J connectivity index is 2.28. The molecule has 0 bridgehead atoms. The third-order valence-corrected chi connectivity index (χ3v) is 2.00. The number of hydrogen-bond acceptors (Lipinski definition) is 1. The van der Waals surface area contributed by atoms with Crippen molar-refractivity contribution in [2.45, 2.75) is 17.9 Å². The fourth-order valence-corrected chi connectivity index (χ4v) is 0.397. The number of rotatable bonds is 1. The zero-order chi connectivity index (χ0) is 4.62. The molecule has 0 radical (unpaired) electrons. The molecule has 1 unspecified atom stereocenters. The predicted octanol–water partition coefficient (Wildman–Crippen LogP) is 1.52. The van der Waals surface area contributed by atoms with Crippen molar-refractivity contribution in [2.24, 2.45) is 0 Å². The standard InChI is InChI=1S/C4H7BrO/c1-2-4(5)3-6-4/h2-3H2,1H3. The second kappa shape index (κ2) is 1.20. The van der Waals surface area contributed by atoms with Gasteiger partial charge in [-0.05, 0) is 6.42 Å². The van der Waals surface area contributed by atoms with Crippen LogP contribution < -0.4 is 0 Å². The molecule has 6 heavy (non-hydrogen) atoms. The van der Waals surface area contributed by atoms with Gasteiger partial charge in [0.2, 0.25) is 0 Å². The summed E-state index contributed by atoms with van der Waals surface area (Å²) in [6.07, 6.45) is 1.08. The Kier molecular flexibility index (Phi) is 0.922. The highest BCUT2D eigenvalue weighted by Crippen LogP contribution is 2.36. The zero-order valence-corrected chi connectivity index (χ0v) is 5.29. The Bertz CT molecular complexity index is 58.6. The highest BCUT2D eigenvalue weighted by Gasteiger charge is 2.39. The maximum Gasteiger partial charge on any atom is 0.145 e. The van der Waals surface area contributed by atoms with Crippen LogP contribution in [0.25, 0.3) is 0 Å². The zero-order valence-electron chi connectivity index (χ0n) is 3.70. The van der Waals surface area contributed by atoms with Gasteiger partial charge in [0.1, 0.15) is 4.51 Å². The van der Waals surface area contributed by atoms with Crippen LogP contribution in [0.5, 0.6) is 0 Å². The summed E-state index contributed by atoms with van der Waals surface area (Å²) >= 11 is 3.37. The maximum absolute atomic E-state index is 4.96. The average Bonchev–Trinajstić information content (AvgIpc) is 2.22. The van der Waals surface area contributed by atoms with Gasteiger partial charge >= 0.3 is 0 Å². The second-order valence-corrected chi connectivity index (χ2v) is 2.97. The molecule has 36 valence electrons. The molecule has 1 saturated heterocycles. The fourth-order valence-electron chi connectivity index (χ4n) is 0.282. The molecule has 2 heteroatoms. The third kappa shape index (κ3) is 0.738. The van der Waals surface area contributed by atoms with Crippen molar-refractivity contribution in [3.8, 4) is 0 Å². The number of epoxide rings is 1. The van der Waals surface area contributed by atoms with Crippen LogP contribution in [-0.4, -0.2) is 11.1 Å². The Morgan fingerprint density at radius 3 is 2.50 bits per heavy atom. The van der Waals surface area contributed by atoms with Gasteiger partial charge in [0, 0.05) is 0 Å². The molecule has 0 spiro atoms. The Labute approximate surface area is 45.8 Å². The van der Waals surface area contributed by atoms with Crippen LogP contribution in [0.1, 0.15) is 13.3 Å². The summed E-state index contributed by atoms with van der Waals surface area (Å²) < 4.78 is 5.07. The summed E-state index contributed by atoms with van der Waals surface area (Å²) in [6, 6.07) is 0. The van der Waals surface area contributed by atoms with E-state index in [1.165, 1.54) is 0 Å². The van der Waals surface area contributed by atoms with E-state index in [1.807, 2.05) is 0 Å². The molecule has 0 aromatic heterocycles. The molecule has 0 aromatic rings. The lowest BCUT2D eigenvalue weighted by atomic mass is 10.4. The van der Waals surface area contributed by atoms with E-state index in [0.29, 0.717) is 0 Å². The number of ether oxygens (including phenoxy) is 1. The van der Waals surface area contributed by atoms with Crippen molar-refractivity contribution in [1.29, 1.82) is 0 Å². The average molecular weight is 151 g/mol. The van der Waals surface area contributed by atoms with Gasteiger partial charge < -0.3 is 4.74 Å². The van der Waals surface area contributed by atoms with Crippen LogP contribution in [0.4, 0.5) is 0 Å². The first-order valence-corrected chi connectivity index (χ1v) is 2.89. The van der Waals surface area contributed by atoms with Crippen molar-refractivity contribution in [2.75, 3.05) is 6.61 Å². The summed E-state index contributed by atoms with van der Waals surface area (Å²) in [4.78, 5) is 0. The molecule has 1 rings (SSSR count). The molecule has 1 heterocycles. The van der Waals surface area contributed by atoms with Crippen LogP contribution in [0.2, 0.25) is 0 Å². The van der Waals surface area contributed by atoms with Crippen molar-refractivity contribution in [3.63, 3.8) is 0 Å². The second-order valence-electron chi connectivity index (χ2n) is 1.53. The molecule has 1 nitrogen and oxygen atoms in total. The van der Waals surface area contributed by atoms with E-state index in [9.17, 15) is 0 Å². The van der Waals surface area contributed by atoms with Crippen molar-refractivity contribution >= 4 is 15.9 Å². The van der Waals surface area contributed by atoms with Gasteiger partial charge in [-0.1, -0.05) is 22.9 Å². The first-order chi connectivity index (χ1) is 2.77. The van der Waals surface area contributed by atoms with Crippen molar-refractivity contribution in [1.82, 2.24) is 0 Å². The first-order valence-electron chi connectivity index (χ1n) is 2.10. The lowest BCUT2D eigenvalue weighted by Crippen LogP contribution is -1.92. The molecule has 1 fully saturated rings. The largest absolute Gasteiger partial charge is 0.357 e. The number of alkyl halides is 1. The van der Waals surface area contributed by atoms with E-state index in [-0.39, 0.29) is 4.51 Å². The van der Waals surface area contributed by atoms with Crippen LogP contribution in [0.15, 0.2) is 0 Å².